The Morgan fingerprint density at radius 1 is 1.22 bits per heavy atom. The van der Waals surface area contributed by atoms with Crippen LogP contribution in [0.25, 0.3) is 0 Å². The maximum Gasteiger partial charge on any atom is 0.329 e. The van der Waals surface area contributed by atoms with E-state index in [4.69, 9.17) is 14.2 Å². The number of carbonyl (C=O) groups is 2. The number of fused-ring (bicyclic) bond motifs is 1. The highest BCUT2D eigenvalue weighted by atomic mass is 16.7. The number of methoxy groups -OCH3 is 1. The quantitative estimate of drug-likeness (QED) is 0.408. The first kappa shape index (κ1) is 18.1. The van der Waals surface area contributed by atoms with Crippen molar-refractivity contribution in [2.45, 2.75) is 6.54 Å². The van der Waals surface area contributed by atoms with Crippen LogP contribution in [0.2, 0.25) is 0 Å². The first-order valence-corrected chi connectivity index (χ1v) is 7.94. The highest BCUT2D eigenvalue weighted by Gasteiger charge is 2.15. The van der Waals surface area contributed by atoms with E-state index in [1.807, 2.05) is 0 Å². The minimum atomic E-state index is -0.936. The molecule has 0 saturated heterocycles. The van der Waals surface area contributed by atoms with E-state index in [0.29, 0.717) is 17.1 Å². The molecule has 9 nitrogen and oxygen atoms in total. The van der Waals surface area contributed by atoms with Crippen LogP contribution in [0.4, 0.5) is 0 Å². The Labute approximate surface area is 154 Å². The van der Waals surface area contributed by atoms with Gasteiger partial charge in [0.2, 0.25) is 6.79 Å². The van der Waals surface area contributed by atoms with E-state index in [2.05, 4.69) is 15.8 Å². The molecule has 1 aliphatic heterocycles. The molecule has 0 unspecified atom stereocenters. The Hall–Kier alpha value is -3.75. The van der Waals surface area contributed by atoms with Gasteiger partial charge >= 0.3 is 11.8 Å². The van der Waals surface area contributed by atoms with Crippen LogP contribution < -0.4 is 25.0 Å². The predicted molar refractivity (Wildman–Crippen MR) is 94.8 cm³/mol. The van der Waals surface area contributed by atoms with Crippen molar-refractivity contribution in [3.8, 4) is 23.0 Å². The predicted octanol–water partition coefficient (Wildman–Crippen LogP) is 0.896. The second kappa shape index (κ2) is 8.09. The maximum atomic E-state index is 11.8. The van der Waals surface area contributed by atoms with Crippen molar-refractivity contribution in [3.63, 3.8) is 0 Å². The molecule has 27 heavy (non-hydrogen) atoms. The van der Waals surface area contributed by atoms with Gasteiger partial charge < -0.3 is 24.6 Å². The molecule has 140 valence electrons. The molecule has 0 fully saturated rings. The molecule has 3 rings (SSSR count). The Morgan fingerprint density at radius 2 is 2.04 bits per heavy atom. The Morgan fingerprint density at radius 3 is 2.85 bits per heavy atom. The van der Waals surface area contributed by atoms with Gasteiger partial charge in [-0.2, -0.15) is 5.10 Å². The topological polar surface area (TPSA) is 118 Å². The van der Waals surface area contributed by atoms with Gasteiger partial charge in [0, 0.05) is 12.1 Å². The monoisotopic (exact) mass is 371 g/mol. The fourth-order valence-corrected chi connectivity index (χ4v) is 2.33. The zero-order chi connectivity index (χ0) is 19.2. The minimum absolute atomic E-state index is 0.120. The summed E-state index contributed by atoms with van der Waals surface area (Å²) in [6.45, 7) is 0.303. The van der Waals surface area contributed by atoms with Crippen LogP contribution in [0.5, 0.6) is 23.0 Å². The van der Waals surface area contributed by atoms with Crippen LogP contribution >= 0.6 is 0 Å². The highest BCUT2D eigenvalue weighted by molar-refractivity contribution is 6.35. The first-order chi connectivity index (χ1) is 13.1. The van der Waals surface area contributed by atoms with Gasteiger partial charge in [0.1, 0.15) is 0 Å². The smallest absolute Gasteiger partial charge is 0.329 e. The molecule has 1 aliphatic rings. The average molecular weight is 371 g/mol. The van der Waals surface area contributed by atoms with E-state index in [0.717, 1.165) is 5.56 Å². The van der Waals surface area contributed by atoms with Crippen LogP contribution in [0.3, 0.4) is 0 Å². The molecule has 0 aliphatic carbocycles. The second-order valence-corrected chi connectivity index (χ2v) is 5.47. The standard InChI is InChI=1S/C18H17N3O6/c1-25-14-4-2-3-12(16(14)22)9-20-21-18(24)17(23)19-8-11-5-6-13-15(7-11)27-10-26-13/h2-7,9,22H,8,10H2,1H3,(H,19,23)(H,21,24). The third-order valence-electron chi connectivity index (χ3n) is 3.72. The molecule has 2 aromatic carbocycles. The van der Waals surface area contributed by atoms with Crippen LogP contribution in [0.15, 0.2) is 41.5 Å². The van der Waals surface area contributed by atoms with Gasteiger partial charge in [0.15, 0.2) is 23.0 Å². The lowest BCUT2D eigenvalue weighted by atomic mass is 10.2. The van der Waals surface area contributed by atoms with Gasteiger partial charge in [-0.15, -0.1) is 0 Å². The number of amides is 2. The molecule has 1 heterocycles. The van der Waals surface area contributed by atoms with Crippen molar-refractivity contribution >= 4 is 18.0 Å². The molecule has 9 heteroatoms. The van der Waals surface area contributed by atoms with E-state index >= 15 is 0 Å². The number of aromatic hydroxyl groups is 1. The van der Waals surface area contributed by atoms with Crippen LogP contribution in [-0.4, -0.2) is 37.0 Å². The molecule has 0 bridgehead atoms. The molecule has 0 saturated carbocycles. The molecule has 2 amide bonds. The van der Waals surface area contributed by atoms with Gasteiger partial charge in [-0.3, -0.25) is 9.59 Å². The number of ether oxygens (including phenoxy) is 3. The van der Waals surface area contributed by atoms with Gasteiger partial charge in [-0.05, 0) is 29.8 Å². The molecule has 0 aromatic heterocycles. The van der Waals surface area contributed by atoms with Crippen molar-refractivity contribution < 1.29 is 28.9 Å². The first-order valence-electron chi connectivity index (χ1n) is 7.94. The number of hydrogen-bond acceptors (Lipinski definition) is 7. The molecular formula is C18H17N3O6. The Bertz CT molecular complexity index is 897. The number of rotatable bonds is 5. The third kappa shape index (κ3) is 4.27. The van der Waals surface area contributed by atoms with E-state index in [1.165, 1.54) is 13.3 Å². The fourth-order valence-electron chi connectivity index (χ4n) is 2.33. The van der Waals surface area contributed by atoms with Gasteiger partial charge in [0.05, 0.1) is 13.3 Å². The summed E-state index contributed by atoms with van der Waals surface area (Å²) in [5, 5.41) is 16.1. The number of phenols is 1. The molecule has 0 radical (unpaired) electrons. The maximum absolute atomic E-state index is 11.8. The van der Waals surface area contributed by atoms with Crippen molar-refractivity contribution in [1.29, 1.82) is 0 Å². The number of hydrazone groups is 1. The summed E-state index contributed by atoms with van der Waals surface area (Å²) in [5.74, 6) is -0.405. The SMILES string of the molecule is COc1cccc(C=NNC(=O)C(=O)NCc2ccc3c(c2)OCO3)c1O. The van der Waals surface area contributed by atoms with Gasteiger partial charge in [-0.25, -0.2) is 5.43 Å². The van der Waals surface area contributed by atoms with Crippen molar-refractivity contribution in [1.82, 2.24) is 10.7 Å². The fraction of sp³-hybridized carbons (Fsp3) is 0.167. The average Bonchev–Trinajstić information content (AvgIpc) is 3.15. The van der Waals surface area contributed by atoms with Crippen molar-refractivity contribution in [3.05, 3.63) is 47.5 Å². The summed E-state index contributed by atoms with van der Waals surface area (Å²) in [4.78, 5) is 23.6. The van der Waals surface area contributed by atoms with E-state index < -0.39 is 11.8 Å². The summed E-state index contributed by atoms with van der Waals surface area (Å²) in [6, 6.07) is 10.0. The number of nitrogens with one attached hydrogen (secondary N) is 2. The third-order valence-corrected chi connectivity index (χ3v) is 3.72. The van der Waals surface area contributed by atoms with Crippen LogP contribution in [0, 0.1) is 0 Å². The molecule has 2 aromatic rings. The Kier molecular flexibility index (Phi) is 5.41. The number of nitrogens with zero attached hydrogens (tertiary/aromatic N) is 1. The summed E-state index contributed by atoms with van der Waals surface area (Å²) < 4.78 is 15.4. The normalized spacial score (nSPS) is 12.0. The van der Waals surface area contributed by atoms with Crippen LogP contribution in [0.1, 0.15) is 11.1 Å². The van der Waals surface area contributed by atoms with E-state index in [-0.39, 0.29) is 24.8 Å². The molecular weight excluding hydrogens is 354 g/mol. The number of para-hydroxylation sites is 1. The number of benzene rings is 2. The van der Waals surface area contributed by atoms with Crippen molar-refractivity contribution in [2.24, 2.45) is 5.10 Å². The highest BCUT2D eigenvalue weighted by Crippen LogP contribution is 2.32. The van der Waals surface area contributed by atoms with Crippen molar-refractivity contribution in [2.75, 3.05) is 13.9 Å². The summed E-state index contributed by atoms with van der Waals surface area (Å²) in [5.41, 5.74) is 3.18. The lowest BCUT2D eigenvalue weighted by molar-refractivity contribution is -0.139. The zero-order valence-electron chi connectivity index (χ0n) is 14.4. The number of hydrogen-bond donors (Lipinski definition) is 3. The number of phenolic OH excluding ortho intramolecular Hbond substituents is 1. The summed E-state index contributed by atoms with van der Waals surface area (Å²) >= 11 is 0. The Balaban J connectivity index is 1.51. The molecule has 0 spiro atoms. The molecule has 0 atom stereocenters. The van der Waals surface area contributed by atoms with Gasteiger partial charge in [-0.1, -0.05) is 12.1 Å². The molecule has 3 N–H and O–H groups in total. The lowest BCUT2D eigenvalue weighted by Gasteiger charge is -2.06. The number of carbonyl (C=O) groups excluding carboxylic acids is 2. The second-order valence-electron chi connectivity index (χ2n) is 5.47. The summed E-state index contributed by atoms with van der Waals surface area (Å²) in [6.07, 6.45) is 1.21. The van der Waals surface area contributed by atoms with E-state index in [1.54, 1.807) is 36.4 Å². The van der Waals surface area contributed by atoms with E-state index in [9.17, 15) is 14.7 Å². The minimum Gasteiger partial charge on any atom is -0.504 e. The largest absolute Gasteiger partial charge is 0.504 e. The summed E-state index contributed by atoms with van der Waals surface area (Å²) in [7, 11) is 1.42. The van der Waals surface area contributed by atoms with Gasteiger partial charge in [0.25, 0.3) is 0 Å². The zero-order valence-corrected chi connectivity index (χ0v) is 14.4. The lowest BCUT2D eigenvalue weighted by Crippen LogP contribution is -2.37. The van der Waals surface area contributed by atoms with Crippen LogP contribution in [-0.2, 0) is 16.1 Å².